The lowest BCUT2D eigenvalue weighted by atomic mass is 10.2. The molecule has 3 rings (SSSR count). The van der Waals surface area contributed by atoms with E-state index in [1.807, 2.05) is 25.1 Å². The van der Waals surface area contributed by atoms with E-state index in [0.717, 1.165) is 16.8 Å². The van der Waals surface area contributed by atoms with E-state index in [-0.39, 0.29) is 0 Å². The molecule has 3 aromatic rings. The summed E-state index contributed by atoms with van der Waals surface area (Å²) in [7, 11) is 0. The predicted octanol–water partition coefficient (Wildman–Crippen LogP) is 3.53. The van der Waals surface area contributed by atoms with Crippen LogP contribution in [0, 0.1) is 6.92 Å². The first kappa shape index (κ1) is 13.9. The Labute approximate surface area is 131 Å². The summed E-state index contributed by atoms with van der Waals surface area (Å²) in [6.07, 6.45) is 0. The van der Waals surface area contributed by atoms with Gasteiger partial charge < -0.3 is 5.73 Å². The van der Waals surface area contributed by atoms with Crippen LogP contribution >= 0.6 is 23.2 Å². The minimum Gasteiger partial charge on any atom is -0.399 e. The number of hydrogen-bond acceptors (Lipinski definition) is 4. The fourth-order valence-electron chi connectivity index (χ4n) is 2.00. The van der Waals surface area contributed by atoms with Crippen molar-refractivity contribution in [2.45, 2.75) is 6.92 Å². The highest BCUT2D eigenvalue weighted by Crippen LogP contribution is 2.27. The molecular formula is C14H11Cl2N5. The summed E-state index contributed by atoms with van der Waals surface area (Å²) in [6, 6.07) is 10.8. The lowest BCUT2D eigenvalue weighted by molar-refractivity contribution is 0.791. The lowest BCUT2D eigenvalue weighted by Gasteiger charge is -2.07. The van der Waals surface area contributed by atoms with Crippen LogP contribution in [0.1, 0.15) is 5.56 Å². The Morgan fingerprint density at radius 2 is 1.90 bits per heavy atom. The third kappa shape index (κ3) is 2.70. The van der Waals surface area contributed by atoms with Crippen LogP contribution in [0.15, 0.2) is 36.4 Å². The van der Waals surface area contributed by atoms with E-state index in [0.29, 0.717) is 21.6 Å². The van der Waals surface area contributed by atoms with Crippen molar-refractivity contribution in [3.05, 3.63) is 52.0 Å². The lowest BCUT2D eigenvalue weighted by Crippen LogP contribution is -2.00. The average molecular weight is 320 g/mol. The third-order valence-corrected chi connectivity index (χ3v) is 3.67. The summed E-state index contributed by atoms with van der Waals surface area (Å²) in [6.45, 7) is 1.93. The number of tetrazole rings is 1. The summed E-state index contributed by atoms with van der Waals surface area (Å²) >= 11 is 12.2. The number of halogens is 2. The van der Waals surface area contributed by atoms with Crippen molar-refractivity contribution < 1.29 is 0 Å². The van der Waals surface area contributed by atoms with Crippen molar-refractivity contribution in [1.82, 2.24) is 20.2 Å². The van der Waals surface area contributed by atoms with Crippen LogP contribution in [-0.4, -0.2) is 20.2 Å². The number of nitrogen functional groups attached to an aromatic ring is 1. The molecule has 0 saturated heterocycles. The van der Waals surface area contributed by atoms with Crippen molar-refractivity contribution in [2.24, 2.45) is 0 Å². The second-order valence-corrected chi connectivity index (χ2v) is 5.46. The van der Waals surface area contributed by atoms with Crippen LogP contribution in [-0.2, 0) is 0 Å². The number of aromatic nitrogens is 4. The second-order valence-electron chi connectivity index (χ2n) is 4.62. The number of rotatable bonds is 2. The zero-order chi connectivity index (χ0) is 15.0. The van der Waals surface area contributed by atoms with E-state index in [2.05, 4.69) is 15.5 Å². The number of benzene rings is 2. The maximum Gasteiger partial charge on any atom is 0.187 e. The van der Waals surface area contributed by atoms with Crippen molar-refractivity contribution >= 4 is 28.9 Å². The van der Waals surface area contributed by atoms with E-state index in [1.165, 1.54) is 0 Å². The number of anilines is 1. The highest BCUT2D eigenvalue weighted by molar-refractivity contribution is 6.31. The standard InChI is InChI=1S/C14H11Cl2N5/c1-8-2-3-12(7-13(8)16)21-14(18-19-20-21)9-4-10(15)6-11(17)5-9/h2-7H,17H2,1H3. The minimum absolute atomic E-state index is 0.529. The Kier molecular flexibility index (Phi) is 3.53. The topological polar surface area (TPSA) is 69.6 Å². The van der Waals surface area contributed by atoms with Crippen molar-refractivity contribution in [1.29, 1.82) is 0 Å². The van der Waals surface area contributed by atoms with Crippen LogP contribution in [0.25, 0.3) is 17.1 Å². The second kappa shape index (κ2) is 5.35. The van der Waals surface area contributed by atoms with Gasteiger partial charge in [-0.1, -0.05) is 29.3 Å². The molecule has 2 aromatic carbocycles. The van der Waals surface area contributed by atoms with Crippen molar-refractivity contribution in [3.8, 4) is 17.1 Å². The third-order valence-electron chi connectivity index (χ3n) is 3.05. The number of nitrogens with zero attached hydrogens (tertiary/aromatic N) is 4. The fourth-order valence-corrected chi connectivity index (χ4v) is 2.41. The first-order chi connectivity index (χ1) is 10.0. The van der Waals surface area contributed by atoms with Gasteiger partial charge in [-0.05, 0) is 53.2 Å². The van der Waals surface area contributed by atoms with Gasteiger partial charge in [0.05, 0.1) is 5.69 Å². The van der Waals surface area contributed by atoms with E-state index >= 15 is 0 Å². The zero-order valence-corrected chi connectivity index (χ0v) is 12.6. The molecule has 106 valence electrons. The van der Waals surface area contributed by atoms with Crippen LogP contribution in [0.2, 0.25) is 10.0 Å². The van der Waals surface area contributed by atoms with Crippen LogP contribution in [0.4, 0.5) is 5.69 Å². The summed E-state index contributed by atoms with van der Waals surface area (Å²) < 4.78 is 1.59. The Balaban J connectivity index is 2.14. The first-order valence-electron chi connectivity index (χ1n) is 6.16. The van der Waals surface area contributed by atoms with Gasteiger partial charge >= 0.3 is 0 Å². The Hall–Kier alpha value is -2.11. The Bertz CT molecular complexity index is 793. The maximum absolute atomic E-state index is 6.16. The highest BCUT2D eigenvalue weighted by atomic mass is 35.5. The van der Waals surface area contributed by atoms with E-state index in [9.17, 15) is 0 Å². The molecule has 5 nitrogen and oxygen atoms in total. The highest BCUT2D eigenvalue weighted by Gasteiger charge is 2.12. The molecule has 0 amide bonds. The van der Waals surface area contributed by atoms with Gasteiger partial charge in [0.1, 0.15) is 0 Å². The van der Waals surface area contributed by atoms with Gasteiger partial charge in [-0.2, -0.15) is 4.68 Å². The molecule has 21 heavy (non-hydrogen) atoms. The maximum atomic E-state index is 6.16. The van der Waals surface area contributed by atoms with Crippen molar-refractivity contribution in [2.75, 3.05) is 5.73 Å². The molecule has 1 aromatic heterocycles. The quantitative estimate of drug-likeness (QED) is 0.733. The molecule has 0 radical (unpaired) electrons. The summed E-state index contributed by atoms with van der Waals surface area (Å²) in [4.78, 5) is 0. The zero-order valence-electron chi connectivity index (χ0n) is 11.1. The molecular weight excluding hydrogens is 309 g/mol. The van der Waals surface area contributed by atoms with E-state index < -0.39 is 0 Å². The van der Waals surface area contributed by atoms with Gasteiger partial charge in [0.25, 0.3) is 0 Å². The molecule has 7 heteroatoms. The predicted molar refractivity (Wildman–Crippen MR) is 83.8 cm³/mol. The van der Waals surface area contributed by atoms with Crippen LogP contribution < -0.4 is 5.73 Å². The minimum atomic E-state index is 0.529. The van der Waals surface area contributed by atoms with Gasteiger partial charge in [0.2, 0.25) is 0 Å². The molecule has 2 N–H and O–H groups in total. The van der Waals surface area contributed by atoms with Crippen LogP contribution in [0.5, 0.6) is 0 Å². The van der Waals surface area contributed by atoms with Crippen molar-refractivity contribution in [3.63, 3.8) is 0 Å². The molecule has 0 bridgehead atoms. The average Bonchev–Trinajstić information content (AvgIpc) is 2.90. The molecule has 0 fully saturated rings. The summed E-state index contributed by atoms with van der Waals surface area (Å²) in [5.74, 6) is 0.545. The van der Waals surface area contributed by atoms with Gasteiger partial charge in [0.15, 0.2) is 5.82 Å². The molecule has 0 spiro atoms. The summed E-state index contributed by atoms with van der Waals surface area (Å²) in [5, 5.41) is 13.0. The molecule has 0 aliphatic heterocycles. The summed E-state index contributed by atoms with van der Waals surface area (Å²) in [5.41, 5.74) is 8.86. The number of hydrogen-bond donors (Lipinski definition) is 1. The molecule has 0 unspecified atom stereocenters. The molecule has 0 atom stereocenters. The fraction of sp³-hybridized carbons (Fsp3) is 0.0714. The molecule has 0 aliphatic carbocycles. The van der Waals surface area contributed by atoms with Crippen LogP contribution in [0.3, 0.4) is 0 Å². The molecule has 0 saturated carbocycles. The van der Waals surface area contributed by atoms with Gasteiger partial charge in [-0.3, -0.25) is 0 Å². The largest absolute Gasteiger partial charge is 0.399 e. The number of aryl methyl sites for hydroxylation is 1. The smallest absolute Gasteiger partial charge is 0.187 e. The number of nitrogens with two attached hydrogens (primary N) is 1. The Morgan fingerprint density at radius 3 is 2.62 bits per heavy atom. The van der Waals surface area contributed by atoms with Gasteiger partial charge in [-0.15, -0.1) is 5.10 Å². The molecule has 1 heterocycles. The SMILES string of the molecule is Cc1ccc(-n2nnnc2-c2cc(N)cc(Cl)c2)cc1Cl. The monoisotopic (exact) mass is 319 g/mol. The van der Waals surface area contributed by atoms with Gasteiger partial charge in [-0.25, -0.2) is 0 Å². The van der Waals surface area contributed by atoms with Gasteiger partial charge in [0, 0.05) is 21.3 Å². The Morgan fingerprint density at radius 1 is 1.10 bits per heavy atom. The normalized spacial score (nSPS) is 10.8. The van der Waals surface area contributed by atoms with E-state index in [4.69, 9.17) is 28.9 Å². The van der Waals surface area contributed by atoms with E-state index in [1.54, 1.807) is 22.9 Å². The molecule has 0 aliphatic rings. The first-order valence-corrected chi connectivity index (χ1v) is 6.91.